The summed E-state index contributed by atoms with van der Waals surface area (Å²) in [6.07, 6.45) is 0. The first-order valence-corrected chi connectivity index (χ1v) is 12.7. The number of esters is 1. The molecule has 0 bridgehead atoms. The van der Waals surface area contributed by atoms with E-state index in [1.54, 1.807) is 6.07 Å². The highest BCUT2D eigenvalue weighted by molar-refractivity contribution is 7.94. The van der Waals surface area contributed by atoms with Gasteiger partial charge in [-0.1, -0.05) is 6.07 Å². The van der Waals surface area contributed by atoms with E-state index in [0.717, 1.165) is 19.2 Å². The van der Waals surface area contributed by atoms with Gasteiger partial charge in [0.15, 0.2) is 0 Å². The molecule has 37 heavy (non-hydrogen) atoms. The molecule has 18 heteroatoms. The Bertz CT molecular complexity index is 1140. The summed E-state index contributed by atoms with van der Waals surface area (Å²) < 4.78 is 47.3. The molecule has 4 N–H and O–H groups in total. The molecule has 2 aromatic rings. The highest BCUT2D eigenvalue weighted by Crippen LogP contribution is 2.24. The second-order valence-corrected chi connectivity index (χ2v) is 9.24. The molecule has 1 aromatic heterocycles. The molecule has 16 nitrogen and oxygen atoms in total. The lowest BCUT2D eigenvalue weighted by atomic mass is 10.1. The molecule has 0 unspecified atom stereocenters. The predicted octanol–water partition coefficient (Wildman–Crippen LogP) is 0.142. The van der Waals surface area contributed by atoms with Gasteiger partial charge in [-0.05, 0) is 12.1 Å². The van der Waals surface area contributed by atoms with Crippen LogP contribution in [0, 0.1) is 0 Å². The maximum Gasteiger partial charge on any atom is 0.337 e. The van der Waals surface area contributed by atoms with Gasteiger partial charge in [0, 0.05) is 24.9 Å². The van der Waals surface area contributed by atoms with Crippen LogP contribution in [-0.2, 0) is 44.2 Å². The summed E-state index contributed by atoms with van der Waals surface area (Å²) in [6, 6.07) is 4.56. The van der Waals surface area contributed by atoms with Gasteiger partial charge < -0.3 is 24.8 Å². The first kappa shape index (κ1) is 30.1. The molecule has 0 spiro atoms. The third kappa shape index (κ3) is 10.8. The lowest BCUT2D eigenvalue weighted by Crippen LogP contribution is -2.28. The number of nitrogens with one attached hydrogen (secondary N) is 4. The van der Waals surface area contributed by atoms with E-state index in [9.17, 15) is 18.0 Å². The Balaban J connectivity index is 2.28. The van der Waals surface area contributed by atoms with Crippen molar-refractivity contribution in [3.63, 3.8) is 0 Å². The quantitative estimate of drug-likeness (QED) is 0.0364. The lowest BCUT2D eigenvalue weighted by Gasteiger charge is -2.13. The van der Waals surface area contributed by atoms with Crippen LogP contribution in [0.4, 0.5) is 17.6 Å². The zero-order chi connectivity index (χ0) is 27.1. The number of carbonyl (C=O) groups excluding carboxylic acids is 2. The Morgan fingerprint density at radius 3 is 2.62 bits per heavy atom. The molecule has 0 saturated carbocycles. The van der Waals surface area contributed by atoms with Gasteiger partial charge in [-0.2, -0.15) is 28.8 Å². The molecule has 1 aromatic carbocycles. The fraction of sp³-hybridized carbons (Fsp3) is 0.421. The maximum atomic E-state index is 12.0. The SMILES string of the molecule is COCNCNOSc1nc(NCCS(=O)(=O)OC)nc(Nc2cc(C(=O)OC)ccc2COC=O)n1. The number of hydrogen-bond donors (Lipinski definition) is 4. The minimum atomic E-state index is -3.71. The van der Waals surface area contributed by atoms with E-state index in [0.29, 0.717) is 18.0 Å². The third-order valence-corrected chi connectivity index (χ3v) is 5.95. The zero-order valence-corrected chi connectivity index (χ0v) is 21.8. The van der Waals surface area contributed by atoms with Crippen molar-refractivity contribution in [1.82, 2.24) is 25.7 Å². The Morgan fingerprint density at radius 2 is 1.92 bits per heavy atom. The normalized spacial score (nSPS) is 11.1. The van der Waals surface area contributed by atoms with Gasteiger partial charge in [0.1, 0.15) is 6.61 Å². The van der Waals surface area contributed by atoms with Crippen LogP contribution in [-0.4, -0.2) is 82.8 Å². The highest BCUT2D eigenvalue weighted by Gasteiger charge is 2.15. The van der Waals surface area contributed by atoms with Crippen LogP contribution in [0.3, 0.4) is 0 Å². The topological polar surface area (TPSA) is 201 Å². The summed E-state index contributed by atoms with van der Waals surface area (Å²) in [6.45, 7) is 0.705. The molecule has 0 saturated heterocycles. The fourth-order valence-electron chi connectivity index (χ4n) is 2.51. The Labute approximate surface area is 217 Å². The zero-order valence-electron chi connectivity index (χ0n) is 20.2. The number of hydrogen-bond acceptors (Lipinski definition) is 17. The summed E-state index contributed by atoms with van der Waals surface area (Å²) in [5.74, 6) is -0.869. The Morgan fingerprint density at radius 1 is 1.14 bits per heavy atom. The van der Waals surface area contributed by atoms with Crippen molar-refractivity contribution in [2.24, 2.45) is 0 Å². The Hall–Kier alpha value is -3.13. The summed E-state index contributed by atoms with van der Waals surface area (Å²) in [5.41, 5.74) is 3.71. The molecular formula is C19H27N7O9S2. The third-order valence-electron chi connectivity index (χ3n) is 4.21. The van der Waals surface area contributed by atoms with Crippen LogP contribution >= 0.6 is 12.0 Å². The summed E-state index contributed by atoms with van der Waals surface area (Å²) >= 11 is 0.768. The van der Waals surface area contributed by atoms with E-state index >= 15 is 0 Å². The lowest BCUT2D eigenvalue weighted by molar-refractivity contribution is -0.129. The van der Waals surface area contributed by atoms with Gasteiger partial charge in [0.05, 0.1) is 51.0 Å². The van der Waals surface area contributed by atoms with Crippen molar-refractivity contribution in [2.45, 2.75) is 11.8 Å². The van der Waals surface area contributed by atoms with Gasteiger partial charge in [-0.25, -0.2) is 9.08 Å². The van der Waals surface area contributed by atoms with Crippen molar-refractivity contribution in [3.8, 4) is 0 Å². The van der Waals surface area contributed by atoms with Crippen LogP contribution < -0.4 is 21.4 Å². The second-order valence-electron chi connectivity index (χ2n) is 6.69. The number of anilines is 3. The minimum absolute atomic E-state index is 0.0186. The van der Waals surface area contributed by atoms with Crippen LogP contribution in [0.15, 0.2) is 23.4 Å². The number of rotatable bonds is 18. The van der Waals surface area contributed by atoms with E-state index < -0.39 is 16.1 Å². The molecule has 0 aliphatic heterocycles. The first-order chi connectivity index (χ1) is 17.8. The number of hydroxylamine groups is 1. The standard InChI is InChI=1S/C19H27N7O9S2/c1-31-11-20-10-22-35-36-19-25-17(21-6-7-37(29,30)33-3)24-18(26-19)23-15-8-13(16(28)32-2)4-5-14(15)9-34-12-27/h4-5,8,12,20,22H,6-7,9-11H2,1-3H3,(H2,21,23,24,25,26). The molecule has 0 fully saturated rings. The number of ether oxygens (including phenoxy) is 3. The van der Waals surface area contributed by atoms with E-state index in [4.69, 9.17) is 18.5 Å². The van der Waals surface area contributed by atoms with Gasteiger partial charge in [0.25, 0.3) is 16.6 Å². The number of aromatic nitrogens is 3. The average molecular weight is 562 g/mol. The average Bonchev–Trinajstić information content (AvgIpc) is 2.89. The van der Waals surface area contributed by atoms with E-state index in [-0.39, 0.29) is 54.7 Å². The molecular weight excluding hydrogens is 534 g/mol. The molecule has 0 aliphatic rings. The van der Waals surface area contributed by atoms with Gasteiger partial charge in [-0.3, -0.25) is 14.3 Å². The van der Waals surface area contributed by atoms with E-state index in [2.05, 4.69) is 40.6 Å². The summed E-state index contributed by atoms with van der Waals surface area (Å²) in [5, 5.41) is 8.71. The van der Waals surface area contributed by atoms with E-state index in [1.807, 2.05) is 0 Å². The molecule has 0 amide bonds. The van der Waals surface area contributed by atoms with Crippen molar-refractivity contribution in [2.75, 3.05) is 57.7 Å². The monoisotopic (exact) mass is 561 g/mol. The van der Waals surface area contributed by atoms with Crippen molar-refractivity contribution < 1.29 is 40.7 Å². The largest absolute Gasteiger partial charge is 0.465 e. The van der Waals surface area contributed by atoms with Gasteiger partial charge >= 0.3 is 5.97 Å². The van der Waals surface area contributed by atoms with Crippen molar-refractivity contribution >= 4 is 52.2 Å². The molecule has 0 atom stereocenters. The van der Waals surface area contributed by atoms with Crippen LogP contribution in [0.25, 0.3) is 0 Å². The number of carbonyl (C=O) groups is 2. The summed E-state index contributed by atoms with van der Waals surface area (Å²) in [4.78, 5) is 35.4. The van der Waals surface area contributed by atoms with E-state index in [1.165, 1.54) is 26.4 Å². The Kier molecular flexibility index (Phi) is 12.9. The van der Waals surface area contributed by atoms with Gasteiger partial charge in [0.2, 0.25) is 17.1 Å². The van der Waals surface area contributed by atoms with Crippen LogP contribution in [0.5, 0.6) is 0 Å². The number of benzene rings is 1. The minimum Gasteiger partial charge on any atom is -0.465 e. The first-order valence-electron chi connectivity index (χ1n) is 10.4. The summed E-state index contributed by atoms with van der Waals surface area (Å²) in [7, 11) is 0.137. The highest BCUT2D eigenvalue weighted by atomic mass is 32.2. The smallest absolute Gasteiger partial charge is 0.337 e. The van der Waals surface area contributed by atoms with Crippen LogP contribution in [0.2, 0.25) is 0 Å². The molecule has 204 valence electrons. The maximum absolute atomic E-state index is 12.0. The number of methoxy groups -OCH3 is 2. The fourth-order valence-corrected chi connectivity index (χ4v) is 3.47. The molecule has 1 heterocycles. The molecule has 0 aliphatic carbocycles. The second kappa shape index (κ2) is 15.9. The molecule has 0 radical (unpaired) electrons. The van der Waals surface area contributed by atoms with Crippen molar-refractivity contribution in [3.05, 3.63) is 29.3 Å². The predicted molar refractivity (Wildman–Crippen MR) is 131 cm³/mol. The van der Waals surface area contributed by atoms with Crippen LogP contribution in [0.1, 0.15) is 15.9 Å². The number of nitrogens with zero attached hydrogens (tertiary/aromatic N) is 3. The van der Waals surface area contributed by atoms with Crippen molar-refractivity contribution in [1.29, 1.82) is 0 Å². The molecule has 2 rings (SSSR count). The van der Waals surface area contributed by atoms with Gasteiger partial charge in [-0.15, -0.1) is 0 Å².